The predicted molar refractivity (Wildman–Crippen MR) is 113 cm³/mol. The predicted octanol–water partition coefficient (Wildman–Crippen LogP) is 3.80. The zero-order valence-corrected chi connectivity index (χ0v) is 17.4. The van der Waals surface area contributed by atoms with Crippen LogP contribution in [0.2, 0.25) is 5.02 Å². The standard InChI is InChI=1S/C21H22Cl2FN3O2/c22-15-20(28)27(24)19-7-3-17(4-8-19)21(29)26-13-11-25(12-14-26)10-9-16-1-5-18(23)6-2-16/h1-8H,9-15H2. The molecule has 0 spiro atoms. The summed E-state index contributed by atoms with van der Waals surface area (Å²) in [4.78, 5) is 28.1. The van der Waals surface area contributed by atoms with E-state index in [0.29, 0.717) is 18.7 Å². The van der Waals surface area contributed by atoms with Crippen LogP contribution in [0.4, 0.5) is 10.2 Å². The number of benzene rings is 2. The molecule has 5 nitrogen and oxygen atoms in total. The molecule has 0 aromatic heterocycles. The first-order chi connectivity index (χ1) is 14.0. The second-order valence-corrected chi connectivity index (χ2v) is 7.57. The van der Waals surface area contributed by atoms with Gasteiger partial charge in [-0.1, -0.05) is 28.2 Å². The van der Waals surface area contributed by atoms with Gasteiger partial charge in [0, 0.05) is 43.3 Å². The minimum Gasteiger partial charge on any atom is -0.336 e. The van der Waals surface area contributed by atoms with Crippen molar-refractivity contribution in [3.63, 3.8) is 0 Å². The van der Waals surface area contributed by atoms with E-state index in [2.05, 4.69) is 4.90 Å². The number of piperazine rings is 1. The van der Waals surface area contributed by atoms with E-state index in [1.54, 1.807) is 4.90 Å². The molecule has 2 amide bonds. The normalized spacial score (nSPS) is 14.7. The Labute approximate surface area is 179 Å². The van der Waals surface area contributed by atoms with Crippen LogP contribution in [0.3, 0.4) is 0 Å². The first kappa shape index (κ1) is 21.6. The van der Waals surface area contributed by atoms with E-state index in [1.807, 2.05) is 24.3 Å². The molecule has 0 saturated carbocycles. The van der Waals surface area contributed by atoms with Crippen molar-refractivity contribution < 1.29 is 14.1 Å². The van der Waals surface area contributed by atoms with Gasteiger partial charge in [-0.15, -0.1) is 16.7 Å². The molecule has 0 unspecified atom stereocenters. The van der Waals surface area contributed by atoms with Gasteiger partial charge in [-0.25, -0.2) is 0 Å². The van der Waals surface area contributed by atoms with Crippen LogP contribution in [0.1, 0.15) is 15.9 Å². The van der Waals surface area contributed by atoms with Gasteiger partial charge in [-0.2, -0.15) is 0 Å². The minimum absolute atomic E-state index is 0.0132. The van der Waals surface area contributed by atoms with E-state index >= 15 is 0 Å². The van der Waals surface area contributed by atoms with Crippen LogP contribution < -0.4 is 5.12 Å². The fraction of sp³-hybridized carbons (Fsp3) is 0.333. The van der Waals surface area contributed by atoms with Crippen molar-refractivity contribution in [2.75, 3.05) is 43.7 Å². The van der Waals surface area contributed by atoms with Crippen molar-refractivity contribution in [2.45, 2.75) is 6.42 Å². The maximum atomic E-state index is 13.8. The van der Waals surface area contributed by atoms with Crippen molar-refractivity contribution in [1.29, 1.82) is 0 Å². The topological polar surface area (TPSA) is 43.9 Å². The molecule has 2 aromatic carbocycles. The summed E-state index contributed by atoms with van der Waals surface area (Å²) in [6.07, 6.45) is 0.938. The number of hydrogen-bond donors (Lipinski definition) is 0. The number of hydrogen-bond acceptors (Lipinski definition) is 3. The highest BCUT2D eigenvalue weighted by Crippen LogP contribution is 2.18. The molecule has 1 aliphatic rings. The molecular formula is C21H22Cl2FN3O2. The second kappa shape index (κ2) is 10.1. The highest BCUT2D eigenvalue weighted by atomic mass is 35.5. The molecule has 3 rings (SSSR count). The van der Waals surface area contributed by atoms with E-state index in [4.69, 9.17) is 23.2 Å². The lowest BCUT2D eigenvalue weighted by Crippen LogP contribution is -2.49. The van der Waals surface area contributed by atoms with E-state index in [0.717, 1.165) is 31.1 Å². The molecular weight excluding hydrogens is 416 g/mol. The summed E-state index contributed by atoms with van der Waals surface area (Å²) in [5.74, 6) is -1.39. The number of anilines is 1. The van der Waals surface area contributed by atoms with Crippen molar-refractivity contribution in [3.05, 3.63) is 64.7 Å². The van der Waals surface area contributed by atoms with Gasteiger partial charge in [0.2, 0.25) is 0 Å². The molecule has 8 heteroatoms. The Kier molecular flexibility index (Phi) is 7.47. The maximum Gasteiger partial charge on any atom is 0.269 e. The largest absolute Gasteiger partial charge is 0.336 e. The maximum absolute atomic E-state index is 13.8. The van der Waals surface area contributed by atoms with Crippen LogP contribution >= 0.6 is 23.2 Å². The van der Waals surface area contributed by atoms with E-state index in [-0.39, 0.29) is 16.7 Å². The summed E-state index contributed by atoms with van der Waals surface area (Å²) in [6, 6.07) is 13.7. The molecule has 154 valence electrons. The van der Waals surface area contributed by atoms with E-state index < -0.39 is 11.8 Å². The highest BCUT2D eigenvalue weighted by molar-refractivity contribution is 6.30. The van der Waals surface area contributed by atoms with Gasteiger partial charge in [-0.05, 0) is 48.4 Å². The number of alkyl halides is 1. The fourth-order valence-electron chi connectivity index (χ4n) is 3.23. The number of rotatable bonds is 6. The van der Waals surface area contributed by atoms with Crippen molar-refractivity contribution in [3.8, 4) is 0 Å². The third-order valence-corrected chi connectivity index (χ3v) is 5.44. The quantitative estimate of drug-likeness (QED) is 0.509. The van der Waals surface area contributed by atoms with E-state index in [9.17, 15) is 14.1 Å². The Hall–Kier alpha value is -2.15. The van der Waals surface area contributed by atoms with Gasteiger partial charge in [0.05, 0.1) is 5.69 Å². The third-order valence-electron chi connectivity index (χ3n) is 4.96. The van der Waals surface area contributed by atoms with E-state index in [1.165, 1.54) is 29.8 Å². The molecule has 0 bridgehead atoms. The van der Waals surface area contributed by atoms with Crippen LogP contribution in [0, 0.1) is 0 Å². The average Bonchev–Trinajstić information content (AvgIpc) is 2.77. The molecule has 0 aliphatic carbocycles. The summed E-state index contributed by atoms with van der Waals surface area (Å²) in [5.41, 5.74) is 1.76. The van der Waals surface area contributed by atoms with Crippen LogP contribution in [-0.2, 0) is 11.2 Å². The SMILES string of the molecule is O=C(c1ccc(N(F)C(=O)CCl)cc1)N1CCN(CCc2ccc(Cl)cc2)CC1. The molecule has 0 radical (unpaired) electrons. The second-order valence-electron chi connectivity index (χ2n) is 6.87. The lowest BCUT2D eigenvalue weighted by atomic mass is 10.1. The lowest BCUT2D eigenvalue weighted by molar-refractivity contribution is -0.118. The van der Waals surface area contributed by atoms with Crippen molar-refractivity contribution in [2.24, 2.45) is 0 Å². The van der Waals surface area contributed by atoms with Gasteiger partial charge in [0.25, 0.3) is 11.8 Å². The van der Waals surface area contributed by atoms with Crippen LogP contribution in [0.25, 0.3) is 0 Å². The van der Waals surface area contributed by atoms with Gasteiger partial charge < -0.3 is 4.90 Å². The minimum atomic E-state index is -0.847. The smallest absolute Gasteiger partial charge is 0.269 e. The lowest BCUT2D eigenvalue weighted by Gasteiger charge is -2.34. The Morgan fingerprint density at radius 2 is 1.59 bits per heavy atom. The average molecular weight is 438 g/mol. The molecule has 0 N–H and O–H groups in total. The number of nitrogens with zero attached hydrogens (tertiary/aromatic N) is 3. The van der Waals surface area contributed by atoms with Crippen LogP contribution in [-0.4, -0.2) is 60.2 Å². The summed E-state index contributed by atoms with van der Waals surface area (Å²) >= 11 is 11.3. The Balaban J connectivity index is 1.49. The molecule has 2 aromatic rings. The zero-order valence-electron chi connectivity index (χ0n) is 15.9. The number of halogens is 3. The van der Waals surface area contributed by atoms with Crippen molar-refractivity contribution in [1.82, 2.24) is 9.80 Å². The summed E-state index contributed by atoms with van der Waals surface area (Å²) < 4.78 is 13.8. The molecule has 1 heterocycles. The number of amides is 2. The molecule has 1 saturated heterocycles. The first-order valence-corrected chi connectivity index (χ1v) is 10.3. The fourth-order valence-corrected chi connectivity index (χ4v) is 3.46. The molecule has 1 aliphatic heterocycles. The Morgan fingerprint density at radius 3 is 2.17 bits per heavy atom. The number of carbonyl (C=O) groups is 2. The molecule has 1 fully saturated rings. The Bertz CT molecular complexity index is 838. The third kappa shape index (κ3) is 5.69. The van der Waals surface area contributed by atoms with Gasteiger partial charge in [-0.3, -0.25) is 14.5 Å². The van der Waals surface area contributed by atoms with Crippen molar-refractivity contribution >= 4 is 40.7 Å². The molecule has 0 atom stereocenters. The summed E-state index contributed by atoms with van der Waals surface area (Å²) in [6.45, 7) is 3.82. The highest BCUT2D eigenvalue weighted by Gasteiger charge is 2.22. The first-order valence-electron chi connectivity index (χ1n) is 9.39. The van der Waals surface area contributed by atoms with Crippen LogP contribution in [0.15, 0.2) is 48.5 Å². The van der Waals surface area contributed by atoms with Gasteiger partial charge in [0.15, 0.2) is 0 Å². The molecule has 29 heavy (non-hydrogen) atoms. The van der Waals surface area contributed by atoms with Gasteiger partial charge in [0.1, 0.15) is 5.88 Å². The Morgan fingerprint density at radius 1 is 0.966 bits per heavy atom. The summed E-state index contributed by atoms with van der Waals surface area (Å²) in [7, 11) is 0. The van der Waals surface area contributed by atoms with Gasteiger partial charge >= 0.3 is 0 Å². The summed E-state index contributed by atoms with van der Waals surface area (Å²) in [5, 5.41) is 0.722. The number of carbonyl (C=O) groups excluding carboxylic acids is 2. The van der Waals surface area contributed by atoms with Crippen LogP contribution in [0.5, 0.6) is 0 Å². The monoisotopic (exact) mass is 437 g/mol. The zero-order chi connectivity index (χ0) is 20.8.